The van der Waals surface area contributed by atoms with Crippen molar-refractivity contribution in [1.29, 1.82) is 0 Å². The Bertz CT molecular complexity index is 1560. The largest absolute Gasteiger partial charge is 0.493 e. The molecular weight excluding hydrogens is 489 g/mol. The summed E-state index contributed by atoms with van der Waals surface area (Å²) >= 11 is 12.2. The number of hydrogen-bond donors (Lipinski definition) is 1. The number of aromatic nitrogens is 2. The predicted octanol–water partition coefficient (Wildman–Crippen LogP) is 5.19. The summed E-state index contributed by atoms with van der Waals surface area (Å²) in [6.45, 7) is 4.01. The minimum absolute atomic E-state index is 0.200. The highest BCUT2D eigenvalue weighted by Crippen LogP contribution is 2.34. The Hall–Kier alpha value is -3.81. The van der Waals surface area contributed by atoms with E-state index in [0.717, 1.165) is 15.8 Å². The Morgan fingerprint density at radius 3 is 2.63 bits per heavy atom. The van der Waals surface area contributed by atoms with E-state index in [-0.39, 0.29) is 6.61 Å². The first-order chi connectivity index (χ1) is 16.9. The summed E-state index contributed by atoms with van der Waals surface area (Å²) < 4.78 is 12.4. The SMILES string of the molecule is C=CCc1cc(C=Nn2c(=O)[nH]c3ccccc3c2=O)cc(OC)c1OCc1ccc(Cl)cc1Cl. The maximum Gasteiger partial charge on any atom is 0.349 e. The molecule has 4 aromatic rings. The lowest BCUT2D eigenvalue weighted by atomic mass is 10.1. The number of hydrogen-bond acceptors (Lipinski definition) is 5. The normalized spacial score (nSPS) is 11.2. The molecule has 0 atom stereocenters. The number of benzene rings is 3. The Kier molecular flexibility index (Phi) is 7.39. The summed E-state index contributed by atoms with van der Waals surface area (Å²) in [7, 11) is 1.52. The minimum atomic E-state index is -0.636. The van der Waals surface area contributed by atoms with Crippen LogP contribution in [0.5, 0.6) is 11.5 Å². The van der Waals surface area contributed by atoms with Gasteiger partial charge in [-0.3, -0.25) is 4.79 Å². The van der Waals surface area contributed by atoms with Crippen LogP contribution < -0.4 is 20.7 Å². The minimum Gasteiger partial charge on any atom is -0.493 e. The fourth-order valence-corrected chi connectivity index (χ4v) is 4.01. The smallest absolute Gasteiger partial charge is 0.349 e. The zero-order valence-corrected chi connectivity index (χ0v) is 20.3. The van der Waals surface area contributed by atoms with Gasteiger partial charge in [0.15, 0.2) is 11.5 Å². The van der Waals surface area contributed by atoms with Crippen molar-refractivity contribution in [3.8, 4) is 11.5 Å². The highest BCUT2D eigenvalue weighted by molar-refractivity contribution is 6.35. The summed E-state index contributed by atoms with van der Waals surface area (Å²) in [5, 5.41) is 5.52. The van der Waals surface area contributed by atoms with Gasteiger partial charge in [0, 0.05) is 21.2 Å². The van der Waals surface area contributed by atoms with Crippen molar-refractivity contribution in [2.45, 2.75) is 13.0 Å². The molecule has 0 fully saturated rings. The topological polar surface area (TPSA) is 85.7 Å². The van der Waals surface area contributed by atoms with Crippen LogP contribution in [0.25, 0.3) is 10.9 Å². The van der Waals surface area contributed by atoms with Crippen molar-refractivity contribution < 1.29 is 9.47 Å². The fraction of sp³-hybridized carbons (Fsp3) is 0.115. The maximum absolute atomic E-state index is 12.7. The van der Waals surface area contributed by atoms with Gasteiger partial charge < -0.3 is 14.5 Å². The second-order valence-corrected chi connectivity index (χ2v) is 8.41. The lowest BCUT2D eigenvalue weighted by molar-refractivity contribution is 0.282. The van der Waals surface area contributed by atoms with Crippen molar-refractivity contribution in [3.05, 3.63) is 115 Å². The van der Waals surface area contributed by atoms with Gasteiger partial charge in [0.05, 0.1) is 24.2 Å². The molecule has 0 aliphatic carbocycles. The number of fused-ring (bicyclic) bond motifs is 1. The quantitative estimate of drug-likeness (QED) is 0.261. The van der Waals surface area contributed by atoms with Crippen LogP contribution in [0, 0.1) is 0 Å². The van der Waals surface area contributed by atoms with Crippen molar-refractivity contribution in [2.24, 2.45) is 5.10 Å². The summed E-state index contributed by atoms with van der Waals surface area (Å²) in [4.78, 5) is 27.8. The van der Waals surface area contributed by atoms with E-state index in [1.165, 1.54) is 13.3 Å². The average molecular weight is 510 g/mol. The summed E-state index contributed by atoms with van der Waals surface area (Å²) in [5.74, 6) is 0.979. The Morgan fingerprint density at radius 2 is 1.89 bits per heavy atom. The second-order valence-electron chi connectivity index (χ2n) is 7.57. The third kappa shape index (κ3) is 5.31. The molecule has 1 heterocycles. The molecule has 0 amide bonds. The van der Waals surface area contributed by atoms with Crippen LogP contribution in [0.2, 0.25) is 10.0 Å². The summed E-state index contributed by atoms with van der Waals surface area (Å²) in [6.07, 6.45) is 3.63. The molecule has 0 aliphatic heterocycles. The van der Waals surface area contributed by atoms with Gasteiger partial charge in [0.2, 0.25) is 0 Å². The molecule has 7 nitrogen and oxygen atoms in total. The maximum atomic E-state index is 12.7. The molecule has 0 spiro atoms. The third-order valence-corrected chi connectivity index (χ3v) is 5.82. The molecule has 0 saturated heterocycles. The first-order valence-electron chi connectivity index (χ1n) is 10.6. The first-order valence-corrected chi connectivity index (χ1v) is 11.3. The van der Waals surface area contributed by atoms with E-state index >= 15 is 0 Å². The van der Waals surface area contributed by atoms with Crippen LogP contribution in [0.1, 0.15) is 16.7 Å². The van der Waals surface area contributed by atoms with Gasteiger partial charge in [-0.05, 0) is 48.4 Å². The Morgan fingerprint density at radius 1 is 1.09 bits per heavy atom. The van der Waals surface area contributed by atoms with Crippen LogP contribution >= 0.6 is 23.2 Å². The molecule has 0 unspecified atom stereocenters. The van der Waals surface area contributed by atoms with Crippen LogP contribution in [0.4, 0.5) is 0 Å². The van der Waals surface area contributed by atoms with E-state index in [1.54, 1.807) is 54.6 Å². The summed E-state index contributed by atoms with van der Waals surface area (Å²) in [6, 6.07) is 15.5. The van der Waals surface area contributed by atoms with Crippen molar-refractivity contribution in [2.75, 3.05) is 7.11 Å². The van der Waals surface area contributed by atoms with Gasteiger partial charge in [-0.25, -0.2) is 4.79 Å². The number of nitrogens with zero attached hydrogens (tertiary/aromatic N) is 2. The van der Waals surface area contributed by atoms with Gasteiger partial charge in [-0.1, -0.05) is 47.5 Å². The predicted molar refractivity (Wildman–Crippen MR) is 140 cm³/mol. The molecule has 3 aromatic carbocycles. The number of aromatic amines is 1. The van der Waals surface area contributed by atoms with Crippen molar-refractivity contribution in [3.63, 3.8) is 0 Å². The molecule has 0 bridgehead atoms. The molecule has 35 heavy (non-hydrogen) atoms. The summed E-state index contributed by atoms with van der Waals surface area (Å²) in [5.41, 5.74) is 1.46. The van der Waals surface area contributed by atoms with E-state index in [2.05, 4.69) is 16.7 Å². The average Bonchev–Trinajstić information content (AvgIpc) is 2.84. The number of halogens is 2. The van der Waals surface area contributed by atoms with E-state index in [0.29, 0.717) is 44.4 Å². The molecular formula is C26H21Cl2N3O4. The molecule has 0 saturated carbocycles. The van der Waals surface area contributed by atoms with Gasteiger partial charge in [0.25, 0.3) is 5.56 Å². The molecule has 1 N–H and O–H groups in total. The van der Waals surface area contributed by atoms with Gasteiger partial charge >= 0.3 is 5.69 Å². The van der Waals surface area contributed by atoms with E-state index in [9.17, 15) is 9.59 Å². The molecule has 0 aliphatic rings. The van der Waals surface area contributed by atoms with Gasteiger partial charge in [-0.2, -0.15) is 5.10 Å². The number of nitrogens with one attached hydrogen (secondary N) is 1. The van der Waals surface area contributed by atoms with Gasteiger partial charge in [-0.15, -0.1) is 11.3 Å². The number of ether oxygens (including phenoxy) is 2. The fourth-order valence-electron chi connectivity index (χ4n) is 3.55. The van der Waals surface area contributed by atoms with Crippen LogP contribution in [-0.2, 0) is 13.0 Å². The second kappa shape index (κ2) is 10.6. The number of rotatable bonds is 8. The monoisotopic (exact) mass is 509 g/mol. The first kappa shape index (κ1) is 24.3. The lowest BCUT2D eigenvalue weighted by Crippen LogP contribution is -2.32. The van der Waals surface area contributed by atoms with Crippen LogP contribution in [0.3, 0.4) is 0 Å². The molecule has 0 radical (unpaired) electrons. The third-order valence-electron chi connectivity index (χ3n) is 5.23. The number of allylic oxidation sites excluding steroid dienone is 1. The molecule has 4 rings (SSSR count). The van der Waals surface area contributed by atoms with Gasteiger partial charge in [0.1, 0.15) is 6.61 Å². The van der Waals surface area contributed by atoms with Crippen LogP contribution in [-0.4, -0.2) is 23.0 Å². The molecule has 1 aromatic heterocycles. The Balaban J connectivity index is 1.69. The number of para-hydroxylation sites is 1. The highest BCUT2D eigenvalue weighted by atomic mass is 35.5. The van der Waals surface area contributed by atoms with Crippen LogP contribution in [0.15, 0.2) is 81.9 Å². The highest BCUT2D eigenvalue weighted by Gasteiger charge is 2.14. The standard InChI is InChI=1S/C26H21Cl2N3O4/c1-3-6-17-11-16(14-29-31-25(32)20-7-4-5-8-22(20)30-26(31)33)12-23(34-2)24(17)35-15-18-9-10-19(27)13-21(18)28/h3-5,7-14H,1,6,15H2,2H3,(H,30,33). The zero-order chi connectivity index (χ0) is 24.9. The Labute approximate surface area is 210 Å². The number of H-pyrrole nitrogens is 1. The number of methoxy groups -OCH3 is 1. The van der Waals surface area contributed by atoms with Crippen molar-refractivity contribution in [1.82, 2.24) is 9.66 Å². The zero-order valence-electron chi connectivity index (χ0n) is 18.8. The van der Waals surface area contributed by atoms with E-state index in [1.807, 2.05) is 6.07 Å². The van der Waals surface area contributed by atoms with Crippen molar-refractivity contribution >= 4 is 40.3 Å². The molecule has 178 valence electrons. The lowest BCUT2D eigenvalue weighted by Gasteiger charge is -2.16. The molecule has 9 heteroatoms. The van der Waals surface area contributed by atoms with E-state index < -0.39 is 11.2 Å². The van der Waals surface area contributed by atoms with E-state index in [4.69, 9.17) is 32.7 Å².